The number of aromatic nitrogens is 1. The summed E-state index contributed by atoms with van der Waals surface area (Å²) in [5.41, 5.74) is 2.02. The minimum absolute atomic E-state index is 0.233. The van der Waals surface area contributed by atoms with Crippen LogP contribution in [0.1, 0.15) is 34.6 Å². The second-order valence-corrected chi connectivity index (χ2v) is 9.79. The van der Waals surface area contributed by atoms with Crippen molar-refractivity contribution in [2.75, 3.05) is 14.2 Å². The first kappa shape index (κ1) is 25.4. The largest absolute Gasteiger partial charge is 0.466 e. The van der Waals surface area contributed by atoms with E-state index >= 15 is 0 Å². The predicted octanol–water partition coefficient (Wildman–Crippen LogP) is 4.11. The normalized spacial score (nSPS) is 15.2. The number of esters is 2. The van der Waals surface area contributed by atoms with Gasteiger partial charge in [-0.25, -0.2) is 14.6 Å². The smallest absolute Gasteiger partial charge is 0.338 e. The average molecular weight is 549 g/mol. The number of rotatable bonds is 5. The Hall–Kier alpha value is -4.21. The fourth-order valence-corrected chi connectivity index (χ4v) is 5.55. The Morgan fingerprint density at radius 3 is 2.42 bits per heavy atom. The maximum absolute atomic E-state index is 13.7. The first-order chi connectivity index (χ1) is 18.3. The molecule has 0 saturated heterocycles. The summed E-state index contributed by atoms with van der Waals surface area (Å²) in [6.07, 6.45) is 1.64. The Morgan fingerprint density at radius 1 is 1.03 bits per heavy atom. The van der Waals surface area contributed by atoms with Gasteiger partial charge in [-0.15, -0.1) is 0 Å². The predicted molar refractivity (Wildman–Crippen MR) is 143 cm³/mol. The van der Waals surface area contributed by atoms with Crippen LogP contribution in [0.25, 0.3) is 17.4 Å². The van der Waals surface area contributed by atoms with Gasteiger partial charge in [-0.3, -0.25) is 9.36 Å². The first-order valence-corrected chi connectivity index (χ1v) is 12.7. The van der Waals surface area contributed by atoms with Crippen molar-refractivity contribution in [2.24, 2.45) is 4.99 Å². The van der Waals surface area contributed by atoms with E-state index in [0.29, 0.717) is 42.7 Å². The van der Waals surface area contributed by atoms with Gasteiger partial charge in [-0.05, 0) is 48.9 Å². The standard InChI is InChI=1S/C28H21ClN2O6S/c1-15-23(27(34)36-3)24(16-8-10-17(11-9-16)26(33)35-2)31-25(32)22(38-28(31)30-15)14-18-12-13-21(37-18)19-6-4-5-7-20(19)29/h4-14,24H,1-3H3/b22-14+. The third-order valence-electron chi connectivity index (χ3n) is 6.11. The van der Waals surface area contributed by atoms with Crippen molar-refractivity contribution in [1.82, 2.24) is 4.57 Å². The fraction of sp³-hybridized carbons (Fsp3) is 0.143. The number of halogens is 1. The Labute approximate surface area is 225 Å². The highest BCUT2D eigenvalue weighted by Crippen LogP contribution is 2.31. The van der Waals surface area contributed by atoms with Gasteiger partial charge >= 0.3 is 11.9 Å². The van der Waals surface area contributed by atoms with Gasteiger partial charge in [0.25, 0.3) is 5.56 Å². The number of methoxy groups -OCH3 is 2. The summed E-state index contributed by atoms with van der Waals surface area (Å²) in [5, 5.41) is 0.553. The van der Waals surface area contributed by atoms with Gasteiger partial charge < -0.3 is 13.9 Å². The van der Waals surface area contributed by atoms with E-state index in [4.69, 9.17) is 25.5 Å². The van der Waals surface area contributed by atoms with Crippen molar-refractivity contribution < 1.29 is 23.5 Å². The molecule has 0 N–H and O–H groups in total. The summed E-state index contributed by atoms with van der Waals surface area (Å²) in [6, 6.07) is 16.6. The molecule has 0 amide bonds. The van der Waals surface area contributed by atoms with Crippen molar-refractivity contribution in [2.45, 2.75) is 13.0 Å². The topological polar surface area (TPSA) is 100 Å². The number of hydrogen-bond donors (Lipinski definition) is 0. The van der Waals surface area contributed by atoms with Gasteiger partial charge in [0.15, 0.2) is 4.80 Å². The van der Waals surface area contributed by atoms with E-state index in [1.54, 1.807) is 55.5 Å². The van der Waals surface area contributed by atoms with E-state index in [2.05, 4.69) is 4.99 Å². The molecule has 0 fully saturated rings. The Kier molecular flexibility index (Phi) is 6.88. The van der Waals surface area contributed by atoms with Gasteiger partial charge in [0.1, 0.15) is 11.5 Å². The Morgan fingerprint density at radius 2 is 1.74 bits per heavy atom. The lowest BCUT2D eigenvalue weighted by Crippen LogP contribution is -2.39. The van der Waals surface area contributed by atoms with Crippen molar-refractivity contribution >= 4 is 41.0 Å². The number of fused-ring (bicyclic) bond motifs is 1. The molecule has 3 heterocycles. The third-order valence-corrected chi connectivity index (χ3v) is 7.43. The quantitative estimate of drug-likeness (QED) is 0.348. The number of benzene rings is 2. The number of carbonyl (C=O) groups is 2. The number of ether oxygens (including phenoxy) is 2. The molecule has 1 aliphatic rings. The van der Waals surface area contributed by atoms with Crippen LogP contribution in [0.3, 0.4) is 0 Å². The lowest BCUT2D eigenvalue weighted by Gasteiger charge is -2.24. The summed E-state index contributed by atoms with van der Waals surface area (Å²) in [5.74, 6) is -0.0527. The Bertz CT molecular complexity index is 1780. The molecule has 10 heteroatoms. The lowest BCUT2D eigenvalue weighted by molar-refractivity contribution is -0.136. The van der Waals surface area contributed by atoms with Gasteiger partial charge in [0.05, 0.1) is 46.7 Å². The van der Waals surface area contributed by atoms with E-state index in [9.17, 15) is 14.4 Å². The van der Waals surface area contributed by atoms with Crippen molar-refractivity contribution in [3.63, 3.8) is 0 Å². The van der Waals surface area contributed by atoms with E-state index in [1.165, 1.54) is 30.1 Å². The van der Waals surface area contributed by atoms with Gasteiger partial charge in [-0.2, -0.15) is 0 Å². The van der Waals surface area contributed by atoms with Crippen LogP contribution in [0.5, 0.6) is 0 Å². The first-order valence-electron chi connectivity index (χ1n) is 11.5. The number of carbonyl (C=O) groups excluding carboxylic acids is 2. The van der Waals surface area contributed by atoms with Crippen LogP contribution in [0.4, 0.5) is 0 Å². The highest BCUT2D eigenvalue weighted by atomic mass is 35.5. The number of allylic oxidation sites excluding steroid dienone is 1. The molecule has 4 aromatic rings. The van der Waals surface area contributed by atoms with E-state index < -0.39 is 18.0 Å². The zero-order chi connectivity index (χ0) is 27.0. The zero-order valence-corrected chi connectivity index (χ0v) is 22.1. The molecule has 8 nitrogen and oxygen atoms in total. The summed E-state index contributed by atoms with van der Waals surface area (Å²) in [6.45, 7) is 1.70. The maximum Gasteiger partial charge on any atom is 0.338 e. The van der Waals surface area contributed by atoms with Crippen LogP contribution in [-0.4, -0.2) is 30.7 Å². The molecule has 0 radical (unpaired) electrons. The Balaban J connectivity index is 1.63. The molecule has 1 aliphatic heterocycles. The number of furan rings is 1. The minimum atomic E-state index is -0.803. The maximum atomic E-state index is 13.7. The van der Waals surface area contributed by atoms with E-state index in [0.717, 1.165) is 5.56 Å². The molecule has 0 aliphatic carbocycles. The van der Waals surface area contributed by atoms with E-state index in [-0.39, 0.29) is 11.1 Å². The molecule has 192 valence electrons. The second-order valence-electron chi connectivity index (χ2n) is 8.37. The van der Waals surface area contributed by atoms with Crippen LogP contribution in [0, 0.1) is 0 Å². The SMILES string of the molecule is COC(=O)C1=C(C)N=c2s/c(=C/c3ccc(-c4ccccc4Cl)o3)c(=O)n2C1c1ccc(C(=O)OC)cc1. The highest BCUT2D eigenvalue weighted by Gasteiger charge is 2.33. The minimum Gasteiger partial charge on any atom is -0.466 e. The van der Waals surface area contributed by atoms with Crippen LogP contribution < -0.4 is 14.9 Å². The molecule has 38 heavy (non-hydrogen) atoms. The van der Waals surface area contributed by atoms with E-state index in [1.807, 2.05) is 18.2 Å². The second kappa shape index (κ2) is 10.3. The molecule has 2 aromatic heterocycles. The van der Waals surface area contributed by atoms with Gasteiger partial charge in [0.2, 0.25) is 0 Å². The number of nitrogens with zero attached hydrogens (tertiary/aromatic N) is 2. The van der Waals surface area contributed by atoms with Crippen molar-refractivity contribution in [3.8, 4) is 11.3 Å². The zero-order valence-electron chi connectivity index (χ0n) is 20.6. The number of hydrogen-bond acceptors (Lipinski definition) is 8. The summed E-state index contributed by atoms with van der Waals surface area (Å²) < 4.78 is 17.6. The number of thiazole rings is 1. The van der Waals surface area contributed by atoms with Crippen LogP contribution >= 0.6 is 22.9 Å². The van der Waals surface area contributed by atoms with Crippen molar-refractivity contribution in [3.05, 3.63) is 114 Å². The van der Waals surface area contributed by atoms with Crippen molar-refractivity contribution in [1.29, 1.82) is 0 Å². The molecular formula is C28H21ClN2O6S. The molecule has 0 spiro atoms. The van der Waals surface area contributed by atoms with Gasteiger partial charge in [0, 0.05) is 11.6 Å². The van der Waals surface area contributed by atoms with Crippen LogP contribution in [0.2, 0.25) is 5.02 Å². The molecule has 1 atom stereocenters. The van der Waals surface area contributed by atoms with Crippen LogP contribution in [-0.2, 0) is 14.3 Å². The lowest BCUT2D eigenvalue weighted by atomic mass is 9.95. The van der Waals surface area contributed by atoms with Gasteiger partial charge in [-0.1, -0.05) is 47.2 Å². The van der Waals surface area contributed by atoms with Crippen LogP contribution in [0.15, 0.2) is 86.1 Å². The summed E-state index contributed by atoms with van der Waals surface area (Å²) >= 11 is 7.48. The molecule has 0 saturated carbocycles. The molecule has 2 aromatic carbocycles. The average Bonchev–Trinajstić information content (AvgIpc) is 3.51. The molecular weight excluding hydrogens is 528 g/mol. The monoisotopic (exact) mass is 548 g/mol. The molecule has 0 bridgehead atoms. The fourth-order valence-electron chi connectivity index (χ4n) is 4.29. The third kappa shape index (κ3) is 4.51. The highest BCUT2D eigenvalue weighted by molar-refractivity contribution is 7.07. The summed E-state index contributed by atoms with van der Waals surface area (Å²) in [4.78, 5) is 43.4. The molecule has 1 unspecified atom stereocenters. The molecule has 5 rings (SSSR count). The summed E-state index contributed by atoms with van der Waals surface area (Å²) in [7, 11) is 2.57.